The van der Waals surface area contributed by atoms with Gasteiger partial charge in [0.2, 0.25) is 5.91 Å². The smallest absolute Gasteiger partial charge is 0.277 e. The van der Waals surface area contributed by atoms with Crippen LogP contribution in [0.25, 0.3) is 0 Å². The average molecular weight is 601 g/mol. The highest BCUT2D eigenvalue weighted by molar-refractivity contribution is 6.06. The Balaban J connectivity index is 1.15. The van der Waals surface area contributed by atoms with Crippen molar-refractivity contribution in [3.05, 3.63) is 59.2 Å². The Morgan fingerprint density at radius 2 is 1.80 bits per heavy atom. The van der Waals surface area contributed by atoms with Crippen LogP contribution in [-0.4, -0.2) is 83.4 Å². The summed E-state index contributed by atoms with van der Waals surface area (Å²) in [6.45, 7) is 8.86. The molecular formula is C32H40N8O4. The first-order valence-electron chi connectivity index (χ1n) is 15.7. The van der Waals surface area contributed by atoms with Crippen LogP contribution in [0.4, 0.5) is 17.2 Å². The van der Waals surface area contributed by atoms with E-state index in [2.05, 4.69) is 37.3 Å². The van der Waals surface area contributed by atoms with Gasteiger partial charge in [0.15, 0.2) is 11.6 Å². The fourth-order valence-corrected chi connectivity index (χ4v) is 5.77. The van der Waals surface area contributed by atoms with E-state index in [0.717, 1.165) is 68.3 Å². The van der Waals surface area contributed by atoms with Crippen molar-refractivity contribution < 1.29 is 18.8 Å². The number of hydrogen-bond donors (Lipinski definition) is 2. The minimum Gasteiger partial charge on any atom is -0.448 e. The molecule has 3 fully saturated rings. The van der Waals surface area contributed by atoms with E-state index >= 15 is 0 Å². The molecule has 12 heteroatoms. The molecule has 0 atom stereocenters. The molecule has 1 saturated carbocycles. The van der Waals surface area contributed by atoms with Crippen molar-refractivity contribution in [3.63, 3.8) is 0 Å². The van der Waals surface area contributed by atoms with Crippen molar-refractivity contribution in [1.29, 1.82) is 0 Å². The summed E-state index contributed by atoms with van der Waals surface area (Å²) in [5.74, 6) is 2.24. The lowest BCUT2D eigenvalue weighted by Crippen LogP contribution is -2.47. The second-order valence-electron chi connectivity index (χ2n) is 11.7. The molecule has 2 aliphatic heterocycles. The summed E-state index contributed by atoms with van der Waals surface area (Å²) in [6.07, 6.45) is 6.43. The third-order valence-corrected chi connectivity index (χ3v) is 8.40. The summed E-state index contributed by atoms with van der Waals surface area (Å²) >= 11 is 0. The number of carbonyl (C=O) groups is 3. The number of hydrogen-bond acceptors (Lipinski definition) is 9. The van der Waals surface area contributed by atoms with Gasteiger partial charge in [-0.1, -0.05) is 6.92 Å². The molecule has 1 aromatic carbocycles. The summed E-state index contributed by atoms with van der Waals surface area (Å²) in [5, 5.41) is 5.97. The maximum absolute atomic E-state index is 13.3. The lowest BCUT2D eigenvalue weighted by molar-refractivity contribution is -0.127. The van der Waals surface area contributed by atoms with E-state index in [1.807, 2.05) is 24.0 Å². The van der Waals surface area contributed by atoms with Crippen LogP contribution in [0, 0.1) is 6.92 Å². The normalized spacial score (nSPS) is 16.9. The minimum absolute atomic E-state index is 0.183. The summed E-state index contributed by atoms with van der Waals surface area (Å²) in [7, 11) is 0. The number of aryl methyl sites for hydroxylation is 2. The quantitative estimate of drug-likeness (QED) is 0.317. The Labute approximate surface area is 257 Å². The topological polar surface area (TPSA) is 137 Å². The first kappa shape index (κ1) is 29.6. The van der Waals surface area contributed by atoms with E-state index in [-0.39, 0.29) is 23.4 Å². The minimum atomic E-state index is -0.378. The zero-order valence-corrected chi connectivity index (χ0v) is 25.5. The van der Waals surface area contributed by atoms with Gasteiger partial charge in [0, 0.05) is 81.9 Å². The van der Waals surface area contributed by atoms with Gasteiger partial charge in [-0.05, 0) is 50.8 Å². The van der Waals surface area contributed by atoms with Gasteiger partial charge in [-0.2, -0.15) is 0 Å². The molecular weight excluding hydrogens is 560 g/mol. The molecule has 3 amide bonds. The predicted molar refractivity (Wildman–Crippen MR) is 166 cm³/mol. The molecule has 44 heavy (non-hydrogen) atoms. The van der Waals surface area contributed by atoms with Crippen LogP contribution in [-0.2, 0) is 11.2 Å². The maximum atomic E-state index is 13.3. The Hall–Kier alpha value is -4.48. The van der Waals surface area contributed by atoms with Gasteiger partial charge >= 0.3 is 0 Å². The standard InChI is InChI=1S/C32H40N8O4/c1-3-27-34-21(2)18-28(37-27)39-16-14-38(15-17-39)26-10-9-23(30(42)33-11-5-13-40-12-4-6-29(40)41)19-24(26)35-31(43)25-20-44-32(36-25)22-7-8-22/h9-10,18-20,22H,3-8,11-17H2,1-2H3,(H,33,42)(H,35,43). The molecule has 0 spiro atoms. The molecule has 2 saturated heterocycles. The fraction of sp³-hybridized carbons (Fsp3) is 0.500. The van der Waals surface area contributed by atoms with Crippen molar-refractivity contribution in [3.8, 4) is 0 Å². The Kier molecular flexibility index (Phi) is 8.76. The molecule has 2 N–H and O–H groups in total. The van der Waals surface area contributed by atoms with E-state index in [1.54, 1.807) is 12.1 Å². The number of amides is 3. The van der Waals surface area contributed by atoms with Gasteiger partial charge in [0.1, 0.15) is 17.9 Å². The SMILES string of the molecule is CCc1nc(C)cc(N2CCN(c3ccc(C(=O)NCCCN4CCCC4=O)cc3NC(=O)c3coc(C4CC4)n3)CC2)n1. The molecule has 3 aromatic rings. The third-order valence-electron chi connectivity index (χ3n) is 8.40. The van der Waals surface area contributed by atoms with Gasteiger partial charge in [0.25, 0.3) is 11.8 Å². The number of nitrogens with one attached hydrogen (secondary N) is 2. The van der Waals surface area contributed by atoms with E-state index in [1.165, 1.54) is 6.26 Å². The highest BCUT2D eigenvalue weighted by atomic mass is 16.3. The molecule has 1 aliphatic carbocycles. The molecule has 232 valence electrons. The van der Waals surface area contributed by atoms with Gasteiger partial charge in [0.05, 0.1) is 11.4 Å². The molecule has 2 aromatic heterocycles. The number of benzene rings is 1. The highest BCUT2D eigenvalue weighted by Gasteiger charge is 2.30. The van der Waals surface area contributed by atoms with E-state index in [4.69, 9.17) is 9.40 Å². The second kappa shape index (κ2) is 13.0. The highest BCUT2D eigenvalue weighted by Crippen LogP contribution is 2.39. The van der Waals surface area contributed by atoms with E-state index in [0.29, 0.717) is 62.1 Å². The van der Waals surface area contributed by atoms with Crippen molar-refractivity contribution >= 4 is 34.9 Å². The van der Waals surface area contributed by atoms with Crippen LogP contribution in [0.15, 0.2) is 34.9 Å². The number of oxazole rings is 1. The Morgan fingerprint density at radius 3 is 2.52 bits per heavy atom. The van der Waals surface area contributed by atoms with E-state index in [9.17, 15) is 14.4 Å². The first-order chi connectivity index (χ1) is 21.4. The molecule has 0 radical (unpaired) electrons. The number of anilines is 3. The summed E-state index contributed by atoms with van der Waals surface area (Å²) in [5.41, 5.74) is 3.00. The number of rotatable bonds is 11. The zero-order valence-electron chi connectivity index (χ0n) is 25.5. The number of likely N-dealkylation sites (tertiary alicyclic amines) is 1. The van der Waals surface area contributed by atoms with Crippen molar-refractivity contribution in [1.82, 2.24) is 25.2 Å². The number of carbonyl (C=O) groups excluding carboxylic acids is 3. The maximum Gasteiger partial charge on any atom is 0.277 e. The van der Waals surface area contributed by atoms with Crippen LogP contribution in [0.5, 0.6) is 0 Å². The number of nitrogens with zero attached hydrogens (tertiary/aromatic N) is 6. The van der Waals surface area contributed by atoms with Crippen LogP contribution in [0.1, 0.15) is 83.2 Å². The largest absolute Gasteiger partial charge is 0.448 e. The first-order valence-corrected chi connectivity index (χ1v) is 15.7. The number of piperazine rings is 1. The number of aromatic nitrogens is 3. The van der Waals surface area contributed by atoms with Crippen LogP contribution in [0.3, 0.4) is 0 Å². The Bertz CT molecular complexity index is 1530. The lowest BCUT2D eigenvalue weighted by Gasteiger charge is -2.37. The zero-order chi connectivity index (χ0) is 30.6. The summed E-state index contributed by atoms with van der Waals surface area (Å²) in [4.78, 5) is 58.2. The van der Waals surface area contributed by atoms with E-state index < -0.39 is 0 Å². The van der Waals surface area contributed by atoms with Gasteiger partial charge < -0.3 is 29.8 Å². The monoisotopic (exact) mass is 600 g/mol. The fourth-order valence-electron chi connectivity index (χ4n) is 5.77. The van der Waals surface area contributed by atoms with Gasteiger partial charge in [-0.15, -0.1) is 0 Å². The van der Waals surface area contributed by atoms with Gasteiger partial charge in [-0.3, -0.25) is 14.4 Å². The van der Waals surface area contributed by atoms with Crippen LogP contribution >= 0.6 is 0 Å². The molecule has 3 aliphatic rings. The van der Waals surface area contributed by atoms with Crippen molar-refractivity contribution in [2.75, 3.05) is 60.9 Å². The van der Waals surface area contributed by atoms with Gasteiger partial charge in [-0.25, -0.2) is 15.0 Å². The predicted octanol–water partition coefficient (Wildman–Crippen LogP) is 3.53. The van der Waals surface area contributed by atoms with Crippen molar-refractivity contribution in [2.24, 2.45) is 0 Å². The summed E-state index contributed by atoms with van der Waals surface area (Å²) < 4.78 is 5.55. The van der Waals surface area contributed by atoms with Crippen LogP contribution < -0.4 is 20.4 Å². The molecule has 0 bridgehead atoms. The second-order valence-corrected chi connectivity index (χ2v) is 11.7. The molecule has 0 unspecified atom stereocenters. The summed E-state index contributed by atoms with van der Waals surface area (Å²) in [6, 6.07) is 7.43. The molecule has 4 heterocycles. The molecule has 12 nitrogen and oxygen atoms in total. The lowest BCUT2D eigenvalue weighted by atomic mass is 10.1. The average Bonchev–Trinajstić information content (AvgIpc) is 3.62. The third kappa shape index (κ3) is 6.84. The molecule has 6 rings (SSSR count). The van der Waals surface area contributed by atoms with Crippen LogP contribution in [0.2, 0.25) is 0 Å². The Morgan fingerprint density at radius 1 is 1.00 bits per heavy atom. The van der Waals surface area contributed by atoms with Crippen molar-refractivity contribution in [2.45, 2.75) is 58.3 Å².